The van der Waals surface area contributed by atoms with Crippen molar-refractivity contribution in [2.45, 2.75) is 140 Å². The first-order valence-electron chi connectivity index (χ1n) is 19.3. The van der Waals surface area contributed by atoms with E-state index in [9.17, 15) is 32.4 Å². The molecule has 4 bridgehead atoms. The topological polar surface area (TPSA) is 181 Å². The lowest BCUT2D eigenvalue weighted by Gasteiger charge is -2.35. The van der Waals surface area contributed by atoms with Crippen LogP contribution in [0.2, 0.25) is 0 Å². The summed E-state index contributed by atoms with van der Waals surface area (Å²) in [5.41, 5.74) is 0.348. The fourth-order valence-corrected chi connectivity index (χ4v) is 9.85. The average molecular weight is 768 g/mol. The Morgan fingerprint density at radius 3 is 2.46 bits per heavy atom. The molecular formula is C39H53N5O9S. The highest BCUT2D eigenvalue weighted by Gasteiger charge is 2.62. The van der Waals surface area contributed by atoms with E-state index in [4.69, 9.17) is 9.47 Å². The van der Waals surface area contributed by atoms with E-state index in [0.717, 1.165) is 49.7 Å². The highest BCUT2D eigenvalue weighted by Crippen LogP contribution is 2.50. The third-order valence-electron chi connectivity index (χ3n) is 12.3. The number of nitrogens with one attached hydrogen (secondary N) is 3. The minimum Gasteiger partial charge on any atom is -0.444 e. The molecule has 15 heteroatoms. The van der Waals surface area contributed by atoms with Crippen molar-refractivity contribution in [3.63, 3.8) is 0 Å². The number of aryl methyl sites for hydroxylation is 1. The number of amides is 5. The second-order valence-corrected chi connectivity index (χ2v) is 19.4. The third-order valence-corrected chi connectivity index (χ3v) is 14.1. The van der Waals surface area contributed by atoms with Crippen molar-refractivity contribution in [1.82, 2.24) is 25.2 Å². The Balaban J connectivity index is 1.16. The van der Waals surface area contributed by atoms with E-state index in [1.807, 2.05) is 19.1 Å². The Labute approximate surface area is 317 Å². The third kappa shape index (κ3) is 7.57. The number of hydrogen-bond donors (Lipinski definition) is 3. The lowest BCUT2D eigenvalue weighted by atomic mass is 9.85. The van der Waals surface area contributed by atoms with E-state index in [1.54, 1.807) is 25.7 Å². The predicted octanol–water partition coefficient (Wildman–Crippen LogP) is 3.81. The first-order valence-corrected chi connectivity index (χ1v) is 20.8. The zero-order valence-electron chi connectivity index (χ0n) is 31.6. The Morgan fingerprint density at radius 1 is 1.04 bits per heavy atom. The summed E-state index contributed by atoms with van der Waals surface area (Å²) in [5, 5.41) is 4.91. The van der Waals surface area contributed by atoms with Gasteiger partial charge in [-0.1, -0.05) is 57.9 Å². The van der Waals surface area contributed by atoms with E-state index < -0.39 is 85.8 Å². The molecule has 3 saturated carbocycles. The van der Waals surface area contributed by atoms with Gasteiger partial charge in [0.25, 0.3) is 5.91 Å². The molecule has 0 radical (unpaired) electrons. The van der Waals surface area contributed by atoms with E-state index in [1.165, 1.54) is 16.5 Å². The fraction of sp³-hybridized carbons (Fsp3) is 0.667. The second-order valence-electron chi connectivity index (χ2n) is 17.5. The number of carbonyl (C=O) groups is 5. The number of carbonyl (C=O) groups excluding carboxylic acids is 5. The molecule has 54 heavy (non-hydrogen) atoms. The highest BCUT2D eigenvalue weighted by atomic mass is 32.2. The Bertz CT molecular complexity index is 1860. The molecule has 3 aliphatic heterocycles. The summed E-state index contributed by atoms with van der Waals surface area (Å²) >= 11 is 0. The van der Waals surface area contributed by atoms with E-state index in [-0.39, 0.29) is 25.3 Å². The SMILES string of the molecule is C=C[C@@H]1C[C@]1(NC(=O)[C@@H]1C[C@@H]2CN1C(=O)[C@H](C(C)(C)C)NC(=O)O[C@]1(C)C[C@H]1CCCCCc1cccc3c1CN(C3)C(=O)O2)C(=O)NS(=O)(=O)C1CC1. The Hall–Kier alpha value is -4.14. The van der Waals surface area contributed by atoms with Crippen LogP contribution in [0.5, 0.6) is 0 Å². The Kier molecular flexibility index (Phi) is 9.79. The van der Waals surface area contributed by atoms with E-state index in [0.29, 0.717) is 25.9 Å². The molecule has 1 aromatic rings. The molecule has 6 aliphatic rings. The van der Waals surface area contributed by atoms with E-state index >= 15 is 0 Å². The van der Waals surface area contributed by atoms with Gasteiger partial charge in [0, 0.05) is 31.3 Å². The van der Waals surface area contributed by atoms with Gasteiger partial charge in [0.1, 0.15) is 29.3 Å². The lowest BCUT2D eigenvalue weighted by molar-refractivity contribution is -0.143. The van der Waals surface area contributed by atoms with Gasteiger partial charge in [0.2, 0.25) is 21.8 Å². The average Bonchev–Trinajstić information content (AvgIpc) is 4.05. The molecule has 0 aromatic heterocycles. The van der Waals surface area contributed by atoms with Crippen LogP contribution < -0.4 is 15.4 Å². The van der Waals surface area contributed by atoms with Gasteiger partial charge in [0.05, 0.1) is 11.8 Å². The minimum absolute atomic E-state index is 0.0762. The maximum atomic E-state index is 14.6. The molecule has 7 atom stereocenters. The number of fused-ring (bicyclic) bond motifs is 4. The quantitative estimate of drug-likeness (QED) is 0.363. The van der Waals surface area contributed by atoms with Crippen LogP contribution in [0.3, 0.4) is 0 Å². The van der Waals surface area contributed by atoms with Crippen molar-refractivity contribution < 1.29 is 41.9 Å². The molecule has 3 heterocycles. The van der Waals surface area contributed by atoms with Gasteiger partial charge in [-0.05, 0) is 74.0 Å². The van der Waals surface area contributed by atoms with Crippen LogP contribution in [0, 0.1) is 17.3 Å². The van der Waals surface area contributed by atoms with Gasteiger partial charge in [-0.3, -0.25) is 24.0 Å². The summed E-state index contributed by atoms with van der Waals surface area (Å²) in [6.45, 7) is 11.7. The number of hydrogen-bond acceptors (Lipinski definition) is 9. The van der Waals surface area contributed by atoms with Crippen LogP contribution in [0.25, 0.3) is 0 Å². The van der Waals surface area contributed by atoms with Crippen molar-refractivity contribution in [3.05, 3.63) is 47.5 Å². The molecule has 1 saturated heterocycles. The molecule has 294 valence electrons. The summed E-state index contributed by atoms with van der Waals surface area (Å²) in [5.74, 6) is -2.46. The van der Waals surface area contributed by atoms with Crippen molar-refractivity contribution in [2.75, 3.05) is 6.54 Å². The summed E-state index contributed by atoms with van der Waals surface area (Å²) in [7, 11) is -3.91. The normalized spacial score (nSPS) is 33.0. The molecule has 0 unspecified atom stereocenters. The first kappa shape index (κ1) is 38.1. The molecule has 4 fully saturated rings. The summed E-state index contributed by atoms with van der Waals surface area (Å²) in [6, 6.07) is 3.80. The monoisotopic (exact) mass is 767 g/mol. The molecule has 14 nitrogen and oxygen atoms in total. The molecule has 7 rings (SSSR count). The lowest BCUT2D eigenvalue weighted by Crippen LogP contribution is -2.60. The van der Waals surface area contributed by atoms with Crippen LogP contribution in [-0.4, -0.2) is 89.2 Å². The maximum Gasteiger partial charge on any atom is 0.410 e. The number of alkyl carbamates (subject to hydrolysis) is 1. The van der Waals surface area contributed by atoms with Crippen LogP contribution in [-0.2, 0) is 53.4 Å². The van der Waals surface area contributed by atoms with Gasteiger partial charge in [-0.2, -0.15) is 0 Å². The number of benzene rings is 1. The summed E-state index contributed by atoms with van der Waals surface area (Å²) < 4.78 is 39.5. The largest absolute Gasteiger partial charge is 0.444 e. The van der Waals surface area contributed by atoms with Gasteiger partial charge in [-0.15, -0.1) is 6.58 Å². The molecular weight excluding hydrogens is 715 g/mol. The number of rotatable bonds is 6. The summed E-state index contributed by atoms with van der Waals surface area (Å²) in [4.78, 5) is 72.3. The summed E-state index contributed by atoms with van der Waals surface area (Å²) in [6.07, 6.45) is 5.82. The standard InChI is InChI=1S/C39H53N5O9S/c1-6-25-19-39(25,34(47)42-54(50,51)28-15-16-28)41-32(45)30-17-27-21-44(30)33(46)31(37(2,3)4)40-35(48)53-38(5)18-26(38)14-9-7-8-11-23-12-10-13-24-20-43(22-29(23)24)36(49)52-27/h6,10,12-13,25-28,30-31H,1,7-9,11,14-22H2,2-5H3,(H,40,48)(H,41,45)(H,42,47)/t25-,26-,27-,30+,31-,38-,39-/m1/s1. The highest BCUT2D eigenvalue weighted by molar-refractivity contribution is 7.91. The zero-order chi connectivity index (χ0) is 38.8. The number of sulfonamides is 1. The van der Waals surface area contributed by atoms with Crippen LogP contribution >= 0.6 is 0 Å². The molecule has 3 aliphatic carbocycles. The van der Waals surface area contributed by atoms with Gasteiger partial charge in [0.15, 0.2) is 0 Å². The molecule has 5 amide bonds. The van der Waals surface area contributed by atoms with Crippen molar-refractivity contribution in [1.29, 1.82) is 0 Å². The molecule has 0 spiro atoms. The van der Waals surface area contributed by atoms with Gasteiger partial charge < -0.3 is 25.0 Å². The van der Waals surface area contributed by atoms with Crippen LogP contribution in [0.15, 0.2) is 30.9 Å². The predicted molar refractivity (Wildman–Crippen MR) is 197 cm³/mol. The van der Waals surface area contributed by atoms with Crippen LogP contribution in [0.4, 0.5) is 9.59 Å². The maximum absolute atomic E-state index is 14.6. The minimum atomic E-state index is -3.91. The number of ether oxygens (including phenoxy) is 2. The molecule has 3 N–H and O–H groups in total. The van der Waals surface area contributed by atoms with Crippen molar-refractivity contribution in [3.8, 4) is 0 Å². The number of nitrogens with zero attached hydrogens (tertiary/aromatic N) is 2. The molecule has 1 aromatic carbocycles. The fourth-order valence-electron chi connectivity index (χ4n) is 8.49. The van der Waals surface area contributed by atoms with Crippen molar-refractivity contribution >= 4 is 39.9 Å². The first-order chi connectivity index (χ1) is 25.4. The Morgan fingerprint density at radius 2 is 1.78 bits per heavy atom. The van der Waals surface area contributed by atoms with Gasteiger partial charge in [-0.25, -0.2) is 18.0 Å². The zero-order valence-corrected chi connectivity index (χ0v) is 32.5. The van der Waals surface area contributed by atoms with Crippen LogP contribution in [0.1, 0.15) is 102 Å². The van der Waals surface area contributed by atoms with Gasteiger partial charge >= 0.3 is 12.2 Å². The smallest absolute Gasteiger partial charge is 0.410 e. The van der Waals surface area contributed by atoms with E-state index in [2.05, 4.69) is 28.0 Å². The second kappa shape index (κ2) is 13.9. The van der Waals surface area contributed by atoms with Crippen molar-refractivity contribution in [2.24, 2.45) is 17.3 Å².